The van der Waals surface area contributed by atoms with Crippen LogP contribution in [0.15, 0.2) is 18.2 Å². The van der Waals surface area contributed by atoms with E-state index in [-0.39, 0.29) is 5.38 Å². The second kappa shape index (κ2) is 5.72. The lowest BCUT2D eigenvalue weighted by Gasteiger charge is -2.14. The van der Waals surface area contributed by atoms with E-state index in [4.69, 9.17) is 23.2 Å². The van der Waals surface area contributed by atoms with Crippen molar-refractivity contribution >= 4 is 46.0 Å². The normalized spacial score (nSPS) is 14.9. The van der Waals surface area contributed by atoms with Crippen LogP contribution in [0.2, 0.25) is 5.02 Å². The molecule has 2 rings (SSSR count). The predicted molar refractivity (Wildman–Crippen MR) is 82.0 cm³/mol. The van der Waals surface area contributed by atoms with Gasteiger partial charge in [0.05, 0.1) is 21.4 Å². The molecule has 1 aromatic carbocycles. The van der Waals surface area contributed by atoms with Crippen molar-refractivity contribution < 1.29 is 0 Å². The predicted octanol–water partition coefficient (Wildman–Crippen LogP) is 4.74. The Morgan fingerprint density at radius 2 is 2.11 bits per heavy atom. The van der Waals surface area contributed by atoms with Crippen molar-refractivity contribution in [1.29, 1.82) is 0 Å². The fraction of sp³-hybridized carbons (Fsp3) is 0.462. The lowest BCUT2D eigenvalue weighted by molar-refractivity contribution is 0.665. The van der Waals surface area contributed by atoms with E-state index in [1.807, 2.05) is 36.9 Å². The number of para-hydroxylation sites is 1. The molecule has 2 atom stereocenters. The minimum atomic E-state index is -0.123. The van der Waals surface area contributed by atoms with Crippen molar-refractivity contribution in [2.24, 2.45) is 0 Å². The SMILES string of the molecule is CSC(C)Cn1c(C(C)Cl)nc2cccc(Cl)c21. The first-order valence-corrected chi connectivity index (χ1v) is 7.96. The molecular weight excluding hydrogens is 287 g/mol. The highest BCUT2D eigenvalue weighted by molar-refractivity contribution is 7.99. The summed E-state index contributed by atoms with van der Waals surface area (Å²) >= 11 is 14.3. The van der Waals surface area contributed by atoms with Crippen molar-refractivity contribution in [3.8, 4) is 0 Å². The van der Waals surface area contributed by atoms with Crippen molar-refractivity contribution in [2.75, 3.05) is 6.26 Å². The summed E-state index contributed by atoms with van der Waals surface area (Å²) in [5.74, 6) is 0.890. The molecule has 0 aliphatic carbocycles. The standard InChI is InChI=1S/C13H16Cl2N2S/c1-8(18-3)7-17-12-10(15)5-4-6-11(12)16-13(17)9(2)14/h4-6,8-9H,7H2,1-3H3. The van der Waals surface area contributed by atoms with E-state index in [1.165, 1.54) is 0 Å². The van der Waals surface area contributed by atoms with Gasteiger partial charge in [-0.1, -0.05) is 24.6 Å². The van der Waals surface area contributed by atoms with Crippen LogP contribution in [-0.2, 0) is 6.54 Å². The molecule has 0 radical (unpaired) electrons. The molecule has 0 bridgehead atoms. The maximum absolute atomic E-state index is 6.30. The lowest BCUT2D eigenvalue weighted by atomic mass is 10.3. The first kappa shape index (κ1) is 14.0. The molecule has 2 nitrogen and oxygen atoms in total. The maximum atomic E-state index is 6.30. The number of alkyl halides is 1. The van der Waals surface area contributed by atoms with Crippen molar-refractivity contribution in [1.82, 2.24) is 9.55 Å². The van der Waals surface area contributed by atoms with Crippen LogP contribution < -0.4 is 0 Å². The summed E-state index contributed by atoms with van der Waals surface area (Å²) in [7, 11) is 0. The van der Waals surface area contributed by atoms with Gasteiger partial charge in [0.1, 0.15) is 5.82 Å². The number of hydrogen-bond acceptors (Lipinski definition) is 2. The van der Waals surface area contributed by atoms with Crippen LogP contribution in [0.25, 0.3) is 11.0 Å². The Labute approximate surface area is 122 Å². The summed E-state index contributed by atoms with van der Waals surface area (Å²) in [6.45, 7) is 5.00. The minimum Gasteiger partial charge on any atom is -0.324 e. The molecule has 0 N–H and O–H groups in total. The van der Waals surface area contributed by atoms with Crippen LogP contribution in [-0.4, -0.2) is 21.1 Å². The molecule has 0 spiro atoms. The zero-order valence-electron chi connectivity index (χ0n) is 10.7. The molecule has 18 heavy (non-hydrogen) atoms. The number of rotatable bonds is 4. The second-order valence-electron chi connectivity index (χ2n) is 4.35. The number of fused-ring (bicyclic) bond motifs is 1. The molecule has 2 aromatic rings. The Bertz CT molecular complexity index is 551. The number of halogens is 2. The first-order valence-electron chi connectivity index (χ1n) is 5.86. The van der Waals surface area contributed by atoms with Crippen molar-refractivity contribution in [3.05, 3.63) is 29.0 Å². The van der Waals surface area contributed by atoms with Crippen LogP contribution in [0.5, 0.6) is 0 Å². The monoisotopic (exact) mass is 302 g/mol. The van der Waals surface area contributed by atoms with E-state index in [0.717, 1.165) is 28.4 Å². The number of aromatic nitrogens is 2. The van der Waals surface area contributed by atoms with Gasteiger partial charge in [0.15, 0.2) is 0 Å². The molecule has 0 saturated heterocycles. The van der Waals surface area contributed by atoms with Gasteiger partial charge in [-0.15, -0.1) is 11.6 Å². The highest BCUT2D eigenvalue weighted by Gasteiger charge is 2.18. The topological polar surface area (TPSA) is 17.8 Å². The first-order chi connectivity index (χ1) is 8.54. The quantitative estimate of drug-likeness (QED) is 0.759. The van der Waals surface area contributed by atoms with Gasteiger partial charge in [-0.05, 0) is 25.3 Å². The van der Waals surface area contributed by atoms with E-state index in [2.05, 4.69) is 22.7 Å². The summed E-state index contributed by atoms with van der Waals surface area (Å²) in [6, 6.07) is 5.79. The Morgan fingerprint density at radius 3 is 2.72 bits per heavy atom. The van der Waals surface area contributed by atoms with Crippen LogP contribution in [0, 0.1) is 0 Å². The van der Waals surface area contributed by atoms with Crippen LogP contribution in [0.3, 0.4) is 0 Å². The van der Waals surface area contributed by atoms with Gasteiger partial charge in [-0.25, -0.2) is 4.98 Å². The van der Waals surface area contributed by atoms with E-state index in [9.17, 15) is 0 Å². The Balaban J connectivity index is 2.61. The van der Waals surface area contributed by atoms with Crippen molar-refractivity contribution in [3.63, 3.8) is 0 Å². The van der Waals surface area contributed by atoms with E-state index >= 15 is 0 Å². The summed E-state index contributed by atoms with van der Waals surface area (Å²) in [5, 5.41) is 1.10. The third-order valence-electron chi connectivity index (χ3n) is 2.94. The van der Waals surface area contributed by atoms with Crippen LogP contribution >= 0.6 is 35.0 Å². The molecular formula is C13H16Cl2N2S. The highest BCUT2D eigenvalue weighted by atomic mass is 35.5. The number of thioether (sulfide) groups is 1. The molecule has 0 aliphatic heterocycles. The molecule has 0 aliphatic rings. The van der Waals surface area contributed by atoms with Gasteiger partial charge in [0, 0.05) is 11.8 Å². The zero-order valence-corrected chi connectivity index (χ0v) is 13.0. The number of imidazole rings is 1. The largest absolute Gasteiger partial charge is 0.324 e. The smallest absolute Gasteiger partial charge is 0.127 e. The molecule has 0 fully saturated rings. The Morgan fingerprint density at radius 1 is 1.39 bits per heavy atom. The van der Waals surface area contributed by atoms with Crippen LogP contribution in [0.4, 0.5) is 0 Å². The van der Waals surface area contributed by atoms with Gasteiger partial charge >= 0.3 is 0 Å². The van der Waals surface area contributed by atoms with E-state index in [0.29, 0.717) is 5.25 Å². The molecule has 1 aromatic heterocycles. The fourth-order valence-electron chi connectivity index (χ4n) is 1.98. The van der Waals surface area contributed by atoms with Gasteiger partial charge in [0.2, 0.25) is 0 Å². The Hall–Kier alpha value is -0.380. The third-order valence-corrected chi connectivity index (χ3v) is 4.40. The number of hydrogen-bond donors (Lipinski definition) is 0. The van der Waals surface area contributed by atoms with E-state index in [1.54, 1.807) is 0 Å². The summed E-state index contributed by atoms with van der Waals surface area (Å²) < 4.78 is 2.15. The maximum Gasteiger partial charge on any atom is 0.127 e. The van der Waals surface area contributed by atoms with E-state index < -0.39 is 0 Å². The summed E-state index contributed by atoms with van der Waals surface area (Å²) in [5.41, 5.74) is 1.90. The molecule has 0 amide bonds. The van der Waals surface area contributed by atoms with Gasteiger partial charge in [0.25, 0.3) is 0 Å². The molecule has 2 unspecified atom stereocenters. The van der Waals surface area contributed by atoms with Gasteiger partial charge in [-0.3, -0.25) is 0 Å². The molecule has 5 heteroatoms. The average molecular weight is 303 g/mol. The Kier molecular flexibility index (Phi) is 4.46. The third kappa shape index (κ3) is 2.63. The summed E-state index contributed by atoms with van der Waals surface area (Å²) in [4.78, 5) is 4.60. The van der Waals surface area contributed by atoms with Gasteiger partial charge in [-0.2, -0.15) is 11.8 Å². The molecule has 1 heterocycles. The van der Waals surface area contributed by atoms with Gasteiger partial charge < -0.3 is 4.57 Å². The highest BCUT2D eigenvalue weighted by Crippen LogP contribution is 2.30. The number of benzene rings is 1. The lowest BCUT2D eigenvalue weighted by Crippen LogP contribution is -2.12. The molecule has 98 valence electrons. The fourth-order valence-corrected chi connectivity index (χ4v) is 2.72. The summed E-state index contributed by atoms with van der Waals surface area (Å²) in [6.07, 6.45) is 2.11. The number of nitrogens with zero attached hydrogens (tertiary/aromatic N) is 2. The second-order valence-corrected chi connectivity index (χ2v) is 6.69. The van der Waals surface area contributed by atoms with Crippen LogP contribution in [0.1, 0.15) is 25.0 Å². The average Bonchev–Trinajstić information content (AvgIpc) is 2.69. The zero-order chi connectivity index (χ0) is 13.3. The molecule has 0 saturated carbocycles. The minimum absolute atomic E-state index is 0.123. The van der Waals surface area contributed by atoms with Crippen molar-refractivity contribution in [2.45, 2.75) is 31.0 Å².